The number of nitrogens with zero attached hydrogens (tertiary/aromatic N) is 4. The third-order valence-electron chi connectivity index (χ3n) is 4.74. The molecular weight excluding hydrogens is 392 g/mol. The van der Waals surface area contributed by atoms with E-state index in [1.807, 2.05) is 12.1 Å². The number of aromatic amines is 1. The fourth-order valence-electron chi connectivity index (χ4n) is 3.38. The lowest BCUT2D eigenvalue weighted by atomic mass is 10.1. The average molecular weight is 405 g/mol. The highest BCUT2D eigenvalue weighted by Gasteiger charge is 2.27. The van der Waals surface area contributed by atoms with Crippen LogP contribution in [0, 0.1) is 6.92 Å². The third kappa shape index (κ3) is 2.73. The predicted octanol–water partition coefficient (Wildman–Crippen LogP) is 3.27. The van der Waals surface area contributed by atoms with Gasteiger partial charge in [-0.05, 0) is 31.2 Å². The monoisotopic (exact) mass is 404 g/mol. The first kappa shape index (κ1) is 17.3. The molecule has 0 saturated heterocycles. The highest BCUT2D eigenvalue weighted by atomic mass is 35.5. The Morgan fingerprint density at radius 2 is 1.90 bits per heavy atom. The number of hydrogen-bond acceptors (Lipinski definition) is 5. The normalized spacial score (nSPS) is 15.3. The number of aromatic nitrogens is 3. The van der Waals surface area contributed by atoms with E-state index in [-0.39, 0.29) is 11.1 Å². The van der Waals surface area contributed by atoms with Crippen molar-refractivity contribution in [3.63, 3.8) is 0 Å². The van der Waals surface area contributed by atoms with Gasteiger partial charge in [0.1, 0.15) is 0 Å². The van der Waals surface area contributed by atoms with Gasteiger partial charge >= 0.3 is 0 Å². The van der Waals surface area contributed by atoms with Crippen molar-refractivity contribution in [1.82, 2.24) is 14.6 Å². The van der Waals surface area contributed by atoms with Crippen LogP contribution < -0.4 is 16.1 Å². The van der Waals surface area contributed by atoms with Crippen molar-refractivity contribution in [2.75, 3.05) is 5.32 Å². The van der Waals surface area contributed by atoms with E-state index in [1.54, 1.807) is 43.3 Å². The molecule has 5 rings (SSSR count). The number of amides is 1. The number of H-pyrrole nitrogens is 1. The predicted molar refractivity (Wildman–Crippen MR) is 109 cm³/mol. The topological polar surface area (TPSA) is 104 Å². The summed E-state index contributed by atoms with van der Waals surface area (Å²) >= 11 is 5.97. The lowest BCUT2D eigenvalue weighted by Crippen LogP contribution is -2.27. The van der Waals surface area contributed by atoms with Crippen molar-refractivity contribution in [3.8, 4) is 0 Å². The van der Waals surface area contributed by atoms with Gasteiger partial charge in [0.15, 0.2) is 11.5 Å². The Morgan fingerprint density at radius 3 is 2.72 bits per heavy atom. The zero-order valence-corrected chi connectivity index (χ0v) is 15.9. The Bertz CT molecular complexity index is 1450. The number of hydrogen-bond donors (Lipinski definition) is 2. The standard InChI is InChI=1S/C20H13ClN6O2/c1-10-17(25-24-12-6-4-5-11(21)9-12)23-18-16(20(29)26-27(10)18)15-13-7-2-3-8-14(13)22-19(15)28/h2-9H,1H3,(H,22,28)(H,26,29)/b16-15+,25-24?. The molecule has 2 aromatic carbocycles. The number of imidazole rings is 1. The molecule has 0 spiro atoms. The van der Waals surface area contributed by atoms with Crippen molar-refractivity contribution in [2.24, 2.45) is 10.2 Å². The Balaban J connectivity index is 1.72. The van der Waals surface area contributed by atoms with Crippen LogP contribution >= 0.6 is 11.6 Å². The lowest BCUT2D eigenvalue weighted by Gasteiger charge is -1.94. The maximum Gasteiger partial charge on any atom is 0.274 e. The first-order valence-electron chi connectivity index (χ1n) is 8.76. The molecule has 1 aliphatic heterocycles. The Morgan fingerprint density at radius 1 is 1.07 bits per heavy atom. The summed E-state index contributed by atoms with van der Waals surface area (Å²) in [7, 11) is 0. The van der Waals surface area contributed by atoms with Gasteiger partial charge in [0.2, 0.25) is 0 Å². The van der Waals surface area contributed by atoms with Gasteiger partial charge in [0.05, 0.1) is 22.2 Å². The average Bonchev–Trinajstić information content (AvgIpc) is 3.30. The van der Waals surface area contributed by atoms with Crippen LogP contribution in [0.15, 0.2) is 63.6 Å². The number of fused-ring (bicyclic) bond motifs is 2. The highest BCUT2D eigenvalue weighted by Crippen LogP contribution is 2.30. The van der Waals surface area contributed by atoms with E-state index < -0.39 is 5.56 Å². The number of aryl methyl sites for hydroxylation is 1. The summed E-state index contributed by atoms with van der Waals surface area (Å²) < 4.78 is 1.52. The van der Waals surface area contributed by atoms with E-state index >= 15 is 0 Å². The molecular formula is C20H13ClN6O2. The van der Waals surface area contributed by atoms with Gasteiger partial charge < -0.3 is 5.32 Å². The fourth-order valence-corrected chi connectivity index (χ4v) is 3.57. The first-order valence-corrected chi connectivity index (χ1v) is 9.14. The molecule has 29 heavy (non-hydrogen) atoms. The minimum absolute atomic E-state index is 0.208. The van der Waals surface area contributed by atoms with Gasteiger partial charge in [0.25, 0.3) is 11.5 Å². The van der Waals surface area contributed by atoms with Gasteiger partial charge in [-0.1, -0.05) is 35.9 Å². The van der Waals surface area contributed by atoms with Crippen LogP contribution in [-0.2, 0) is 4.79 Å². The van der Waals surface area contributed by atoms with Crippen LogP contribution in [0.25, 0.3) is 11.2 Å². The minimum atomic E-state index is -0.393. The summed E-state index contributed by atoms with van der Waals surface area (Å²) in [5, 5.41) is 14.6. The number of anilines is 1. The maximum absolute atomic E-state index is 12.6. The Labute approximate surface area is 168 Å². The van der Waals surface area contributed by atoms with E-state index in [9.17, 15) is 9.59 Å². The summed E-state index contributed by atoms with van der Waals surface area (Å²) in [6.45, 7) is 1.76. The molecule has 0 unspecified atom stereocenters. The van der Waals surface area contributed by atoms with Gasteiger partial charge in [-0.3, -0.25) is 14.7 Å². The van der Waals surface area contributed by atoms with Crippen molar-refractivity contribution >= 4 is 45.9 Å². The van der Waals surface area contributed by atoms with Crippen molar-refractivity contribution in [2.45, 2.75) is 6.92 Å². The summed E-state index contributed by atoms with van der Waals surface area (Å²) in [5.41, 5.74) is 2.73. The second kappa shape index (κ2) is 6.39. The van der Waals surface area contributed by atoms with Crippen molar-refractivity contribution in [1.29, 1.82) is 0 Å². The molecule has 8 nitrogen and oxygen atoms in total. The number of benzene rings is 2. The van der Waals surface area contributed by atoms with Crippen molar-refractivity contribution < 1.29 is 4.79 Å². The highest BCUT2D eigenvalue weighted by molar-refractivity contribution is 6.31. The molecule has 1 aliphatic rings. The number of halogens is 1. The third-order valence-corrected chi connectivity index (χ3v) is 4.97. The summed E-state index contributed by atoms with van der Waals surface area (Å²) in [6.07, 6.45) is 0. The van der Waals surface area contributed by atoms with Gasteiger partial charge in [0, 0.05) is 16.3 Å². The molecule has 0 atom stereocenters. The van der Waals surface area contributed by atoms with Crippen LogP contribution in [-0.4, -0.2) is 20.5 Å². The second-order valence-corrected chi connectivity index (χ2v) is 6.99. The maximum atomic E-state index is 12.6. The molecule has 2 N–H and O–H groups in total. The molecule has 9 heteroatoms. The van der Waals surface area contributed by atoms with Crippen molar-refractivity contribution in [3.05, 3.63) is 80.4 Å². The molecule has 0 radical (unpaired) electrons. The van der Waals surface area contributed by atoms with E-state index in [2.05, 4.69) is 25.6 Å². The van der Waals surface area contributed by atoms with Gasteiger partial charge in [-0.25, -0.2) is 9.50 Å². The molecule has 1 amide bonds. The number of carbonyl (C=O) groups excluding carboxylic acids is 1. The number of carbonyl (C=O) groups is 1. The zero-order chi connectivity index (χ0) is 20.1. The summed E-state index contributed by atoms with van der Waals surface area (Å²) in [6, 6.07) is 14.2. The number of rotatable bonds is 2. The van der Waals surface area contributed by atoms with Crippen LogP contribution in [0.5, 0.6) is 0 Å². The number of azo groups is 1. The Hall–Kier alpha value is -3.78. The van der Waals surface area contributed by atoms with Crippen LogP contribution in [0.1, 0.15) is 11.3 Å². The minimum Gasteiger partial charge on any atom is -0.321 e. The van der Waals surface area contributed by atoms with Crippen LogP contribution in [0.3, 0.4) is 0 Å². The van der Waals surface area contributed by atoms with Gasteiger partial charge in [-0.15, -0.1) is 10.2 Å². The van der Waals surface area contributed by atoms with E-state index in [1.165, 1.54) is 4.52 Å². The summed E-state index contributed by atoms with van der Waals surface area (Å²) in [4.78, 5) is 29.7. The molecule has 142 valence electrons. The molecule has 2 aromatic heterocycles. The second-order valence-electron chi connectivity index (χ2n) is 6.55. The van der Waals surface area contributed by atoms with E-state index in [0.29, 0.717) is 44.7 Å². The smallest absolute Gasteiger partial charge is 0.274 e. The molecule has 3 heterocycles. The fraction of sp³-hybridized carbons (Fsp3) is 0.0500. The number of nitrogens with one attached hydrogen (secondary N) is 2. The quantitative estimate of drug-likeness (QED) is 0.501. The molecule has 0 fully saturated rings. The Kier molecular flexibility index (Phi) is 3.82. The lowest BCUT2D eigenvalue weighted by molar-refractivity contribution is -0.110. The SMILES string of the molecule is Cc1c(N=Nc2cccc(Cl)c2)nc2/c(=C3\C(=O)Nc4ccccc43)c(=O)[nH]n12. The molecule has 0 aliphatic carbocycles. The molecule has 0 saturated carbocycles. The van der Waals surface area contributed by atoms with E-state index in [4.69, 9.17) is 11.6 Å². The van der Waals surface area contributed by atoms with Gasteiger partial charge in [-0.2, -0.15) is 0 Å². The largest absolute Gasteiger partial charge is 0.321 e. The first-order chi connectivity index (χ1) is 14.0. The number of para-hydroxylation sites is 1. The molecule has 4 aromatic rings. The van der Waals surface area contributed by atoms with Crippen LogP contribution in [0.4, 0.5) is 17.2 Å². The zero-order valence-electron chi connectivity index (χ0n) is 15.1. The molecule has 0 bridgehead atoms. The van der Waals surface area contributed by atoms with E-state index in [0.717, 1.165) is 0 Å². The van der Waals surface area contributed by atoms with Crippen LogP contribution in [0.2, 0.25) is 5.02 Å². The summed E-state index contributed by atoms with van der Waals surface area (Å²) in [5.74, 6) is -0.00248.